The van der Waals surface area contributed by atoms with Gasteiger partial charge in [0.05, 0.1) is 0 Å². The quantitative estimate of drug-likeness (QED) is 0.682. The van der Waals surface area contributed by atoms with Gasteiger partial charge in [0.25, 0.3) is 0 Å². The predicted octanol–water partition coefficient (Wildman–Crippen LogP) is 4.95. The molecule has 1 aliphatic carbocycles. The third-order valence-corrected chi connectivity index (χ3v) is 4.89. The van der Waals surface area contributed by atoms with E-state index >= 15 is 0 Å². The van der Waals surface area contributed by atoms with Crippen LogP contribution >= 0.6 is 11.6 Å². The van der Waals surface area contributed by atoms with Crippen LogP contribution in [0.4, 0.5) is 0 Å². The van der Waals surface area contributed by atoms with E-state index in [4.69, 9.17) is 11.6 Å². The standard InChI is InChI=1S/C18H18ClN3/c1-2-3-13-8-16(13)15-5-4-12(9-17(15)19)14-10-21-18-20-6-7-22(18)11-14/h4-7,9-11,13,16H,2-3,8H2,1H3. The molecule has 1 aromatic carbocycles. The minimum absolute atomic E-state index is 0.663. The van der Waals surface area contributed by atoms with Gasteiger partial charge in [-0.2, -0.15) is 0 Å². The van der Waals surface area contributed by atoms with Gasteiger partial charge >= 0.3 is 0 Å². The molecule has 2 unspecified atom stereocenters. The number of nitrogens with zero attached hydrogens (tertiary/aromatic N) is 3. The maximum Gasteiger partial charge on any atom is 0.233 e. The molecule has 2 atom stereocenters. The summed E-state index contributed by atoms with van der Waals surface area (Å²) in [5.74, 6) is 2.21. The molecule has 0 aliphatic heterocycles. The zero-order chi connectivity index (χ0) is 15.1. The number of imidazole rings is 1. The Labute approximate surface area is 135 Å². The van der Waals surface area contributed by atoms with Crippen molar-refractivity contribution in [1.82, 2.24) is 14.4 Å². The molecule has 1 fully saturated rings. The van der Waals surface area contributed by atoms with Crippen molar-refractivity contribution in [1.29, 1.82) is 0 Å². The van der Waals surface area contributed by atoms with Crippen molar-refractivity contribution in [2.75, 3.05) is 0 Å². The molecule has 22 heavy (non-hydrogen) atoms. The van der Waals surface area contributed by atoms with Gasteiger partial charge in [-0.3, -0.25) is 4.40 Å². The predicted molar refractivity (Wildman–Crippen MR) is 89.2 cm³/mol. The average Bonchev–Trinajstić information content (AvgIpc) is 3.11. The van der Waals surface area contributed by atoms with Gasteiger partial charge in [-0.05, 0) is 35.4 Å². The fraction of sp³-hybridized carbons (Fsp3) is 0.333. The third kappa shape index (κ3) is 2.40. The lowest BCUT2D eigenvalue weighted by Gasteiger charge is -2.08. The molecule has 3 nitrogen and oxygen atoms in total. The first-order valence-corrected chi connectivity index (χ1v) is 8.22. The van der Waals surface area contributed by atoms with E-state index in [1.54, 1.807) is 6.20 Å². The normalized spacial score (nSPS) is 20.5. The fourth-order valence-corrected chi connectivity index (χ4v) is 3.61. The van der Waals surface area contributed by atoms with Crippen molar-refractivity contribution in [2.45, 2.75) is 32.1 Å². The van der Waals surface area contributed by atoms with Crippen molar-refractivity contribution in [3.05, 3.63) is 53.6 Å². The van der Waals surface area contributed by atoms with Gasteiger partial charge in [-0.25, -0.2) is 9.97 Å². The number of benzene rings is 1. The molecule has 0 spiro atoms. The average molecular weight is 312 g/mol. The first-order valence-electron chi connectivity index (χ1n) is 7.85. The van der Waals surface area contributed by atoms with Crippen LogP contribution in [0.5, 0.6) is 0 Å². The highest BCUT2D eigenvalue weighted by Crippen LogP contribution is 2.52. The first kappa shape index (κ1) is 13.8. The summed E-state index contributed by atoms with van der Waals surface area (Å²) in [6, 6.07) is 6.41. The van der Waals surface area contributed by atoms with Crippen LogP contribution in [0.3, 0.4) is 0 Å². The van der Waals surface area contributed by atoms with Crippen molar-refractivity contribution < 1.29 is 0 Å². The van der Waals surface area contributed by atoms with Gasteiger partial charge in [0.1, 0.15) is 0 Å². The van der Waals surface area contributed by atoms with Gasteiger partial charge in [0, 0.05) is 35.4 Å². The lowest BCUT2D eigenvalue weighted by molar-refractivity contribution is 0.687. The van der Waals surface area contributed by atoms with E-state index in [0.29, 0.717) is 11.7 Å². The second kappa shape index (κ2) is 5.40. The zero-order valence-electron chi connectivity index (χ0n) is 12.5. The van der Waals surface area contributed by atoms with Crippen LogP contribution in [0.15, 0.2) is 43.0 Å². The molecule has 2 aromatic heterocycles. The van der Waals surface area contributed by atoms with Gasteiger partial charge in [0.15, 0.2) is 0 Å². The van der Waals surface area contributed by atoms with E-state index < -0.39 is 0 Å². The molecule has 1 aliphatic rings. The molecule has 2 heterocycles. The molecule has 1 saturated carbocycles. The van der Waals surface area contributed by atoms with E-state index in [1.165, 1.54) is 24.8 Å². The summed E-state index contributed by atoms with van der Waals surface area (Å²) in [7, 11) is 0. The Bertz CT molecular complexity index is 824. The van der Waals surface area contributed by atoms with Crippen LogP contribution in [0.1, 0.15) is 37.7 Å². The van der Waals surface area contributed by atoms with E-state index in [9.17, 15) is 0 Å². The molecule has 0 N–H and O–H groups in total. The van der Waals surface area contributed by atoms with Crippen molar-refractivity contribution >= 4 is 17.4 Å². The Morgan fingerprint density at radius 2 is 2.18 bits per heavy atom. The number of fused-ring (bicyclic) bond motifs is 1. The van der Waals surface area contributed by atoms with Crippen LogP contribution < -0.4 is 0 Å². The Morgan fingerprint density at radius 1 is 1.27 bits per heavy atom. The maximum absolute atomic E-state index is 6.54. The monoisotopic (exact) mass is 311 g/mol. The Hall–Kier alpha value is -1.87. The zero-order valence-corrected chi connectivity index (χ0v) is 13.3. The van der Waals surface area contributed by atoms with E-state index in [0.717, 1.165) is 22.1 Å². The topological polar surface area (TPSA) is 30.2 Å². The fourth-order valence-electron chi connectivity index (χ4n) is 3.29. The lowest BCUT2D eigenvalue weighted by atomic mass is 10.0. The van der Waals surface area contributed by atoms with Crippen LogP contribution in [-0.4, -0.2) is 14.4 Å². The second-order valence-electron chi connectivity index (χ2n) is 6.10. The summed E-state index contributed by atoms with van der Waals surface area (Å²) in [5.41, 5.74) is 3.46. The number of hydrogen-bond donors (Lipinski definition) is 0. The Morgan fingerprint density at radius 3 is 3.00 bits per heavy atom. The molecular formula is C18H18ClN3. The van der Waals surface area contributed by atoms with Crippen LogP contribution in [-0.2, 0) is 0 Å². The lowest BCUT2D eigenvalue weighted by Crippen LogP contribution is -1.91. The van der Waals surface area contributed by atoms with Crippen molar-refractivity contribution in [3.63, 3.8) is 0 Å². The van der Waals surface area contributed by atoms with Crippen molar-refractivity contribution in [2.24, 2.45) is 5.92 Å². The number of halogens is 1. The smallest absolute Gasteiger partial charge is 0.233 e. The van der Waals surface area contributed by atoms with Crippen LogP contribution in [0.25, 0.3) is 16.9 Å². The molecule has 112 valence electrons. The number of aromatic nitrogens is 3. The summed E-state index contributed by atoms with van der Waals surface area (Å²) in [4.78, 5) is 8.53. The molecule has 4 heteroatoms. The summed E-state index contributed by atoms with van der Waals surface area (Å²) < 4.78 is 1.93. The molecule has 0 radical (unpaired) electrons. The molecule has 4 rings (SSSR count). The van der Waals surface area contributed by atoms with Gasteiger partial charge in [0.2, 0.25) is 5.78 Å². The minimum atomic E-state index is 0.663. The number of hydrogen-bond acceptors (Lipinski definition) is 2. The minimum Gasteiger partial charge on any atom is -0.291 e. The highest BCUT2D eigenvalue weighted by Gasteiger charge is 2.38. The number of rotatable bonds is 4. The highest BCUT2D eigenvalue weighted by atomic mass is 35.5. The highest BCUT2D eigenvalue weighted by molar-refractivity contribution is 6.31. The van der Waals surface area contributed by atoms with E-state index in [1.807, 2.05) is 23.0 Å². The van der Waals surface area contributed by atoms with Gasteiger partial charge in [-0.15, -0.1) is 0 Å². The van der Waals surface area contributed by atoms with Gasteiger partial charge < -0.3 is 0 Å². The largest absolute Gasteiger partial charge is 0.291 e. The summed E-state index contributed by atoms with van der Waals surface area (Å²) in [6.07, 6.45) is 11.4. The van der Waals surface area contributed by atoms with Crippen LogP contribution in [0.2, 0.25) is 5.02 Å². The Balaban J connectivity index is 1.64. The molecule has 0 bridgehead atoms. The van der Waals surface area contributed by atoms with Crippen molar-refractivity contribution in [3.8, 4) is 11.1 Å². The van der Waals surface area contributed by atoms with E-state index in [2.05, 4.69) is 35.1 Å². The van der Waals surface area contributed by atoms with Gasteiger partial charge in [-0.1, -0.05) is 43.5 Å². The van der Waals surface area contributed by atoms with Crippen LogP contribution in [0, 0.1) is 5.92 Å². The molecule has 0 amide bonds. The molecule has 3 aromatic rings. The second-order valence-corrected chi connectivity index (χ2v) is 6.51. The van der Waals surface area contributed by atoms with E-state index in [-0.39, 0.29) is 0 Å². The summed E-state index contributed by atoms with van der Waals surface area (Å²) in [6.45, 7) is 2.25. The molecular weight excluding hydrogens is 294 g/mol. The third-order valence-electron chi connectivity index (χ3n) is 4.56. The SMILES string of the molecule is CCCC1CC1c1ccc(-c2cnc3nccn3c2)cc1Cl. The Kier molecular flexibility index (Phi) is 3.38. The first-order chi connectivity index (χ1) is 10.8. The maximum atomic E-state index is 6.54. The molecule has 0 saturated heterocycles. The summed E-state index contributed by atoms with van der Waals surface area (Å²) >= 11 is 6.54. The summed E-state index contributed by atoms with van der Waals surface area (Å²) in [5, 5.41) is 0.881.